The summed E-state index contributed by atoms with van der Waals surface area (Å²) in [4.78, 5) is 12.8. The first-order chi connectivity index (χ1) is 10.1. The zero-order valence-corrected chi connectivity index (χ0v) is 11.9. The van der Waals surface area contributed by atoms with Crippen LogP contribution in [0.15, 0.2) is 24.0 Å². The van der Waals surface area contributed by atoms with Gasteiger partial charge in [0.1, 0.15) is 11.5 Å². The van der Waals surface area contributed by atoms with E-state index in [0.29, 0.717) is 11.1 Å². The smallest absolute Gasteiger partial charge is 0.173 e. The van der Waals surface area contributed by atoms with Crippen LogP contribution in [0, 0.1) is 11.8 Å². The molecular weight excluding hydrogens is 268 g/mol. The van der Waals surface area contributed by atoms with Crippen LogP contribution in [0.25, 0.3) is 5.57 Å². The van der Waals surface area contributed by atoms with Gasteiger partial charge in [-0.1, -0.05) is 13.0 Å². The highest BCUT2D eigenvalue weighted by Crippen LogP contribution is 2.53. The Bertz CT molecular complexity index is 661. The number of ether oxygens (including phenoxy) is 1. The first-order valence-electron chi connectivity index (χ1n) is 7.57. The number of ketones is 1. The quantitative estimate of drug-likeness (QED) is 0.877. The third-order valence-corrected chi connectivity index (χ3v) is 5.14. The minimum absolute atomic E-state index is 0.0231. The molecule has 1 aliphatic carbocycles. The Hall–Kier alpha value is -1.81. The van der Waals surface area contributed by atoms with Crippen molar-refractivity contribution in [3.63, 3.8) is 0 Å². The number of carbonyl (C=O) groups excluding carboxylic acids is 1. The molecule has 0 aromatic heterocycles. The van der Waals surface area contributed by atoms with Gasteiger partial charge in [0.15, 0.2) is 5.78 Å². The lowest BCUT2D eigenvalue weighted by Gasteiger charge is -2.19. The Balaban J connectivity index is 1.85. The van der Waals surface area contributed by atoms with E-state index in [2.05, 4.69) is 0 Å². The average molecular weight is 286 g/mol. The Kier molecular flexibility index (Phi) is 2.67. The SMILES string of the molecule is CCc1ccc(O)cc1C1=C(O)C2C3CCC(O3)C2C1=O. The van der Waals surface area contributed by atoms with E-state index in [-0.39, 0.29) is 41.3 Å². The molecule has 0 amide bonds. The fourth-order valence-corrected chi connectivity index (χ4v) is 4.19. The van der Waals surface area contributed by atoms with Gasteiger partial charge < -0.3 is 14.9 Å². The Morgan fingerprint density at radius 1 is 1.19 bits per heavy atom. The first-order valence-corrected chi connectivity index (χ1v) is 7.57. The van der Waals surface area contributed by atoms with Gasteiger partial charge in [0.25, 0.3) is 0 Å². The molecule has 1 aromatic carbocycles. The number of phenols is 1. The topological polar surface area (TPSA) is 66.8 Å². The number of fused-ring (bicyclic) bond motifs is 5. The first kappa shape index (κ1) is 12.9. The van der Waals surface area contributed by atoms with E-state index in [0.717, 1.165) is 24.8 Å². The number of aliphatic hydroxyl groups excluding tert-OH is 1. The summed E-state index contributed by atoms with van der Waals surface area (Å²) in [7, 11) is 0. The number of phenolic OH excluding ortho intramolecular Hbond substituents is 1. The van der Waals surface area contributed by atoms with E-state index in [1.807, 2.05) is 13.0 Å². The van der Waals surface area contributed by atoms with Crippen molar-refractivity contribution < 1.29 is 19.7 Å². The molecule has 2 bridgehead atoms. The van der Waals surface area contributed by atoms with Gasteiger partial charge >= 0.3 is 0 Å². The van der Waals surface area contributed by atoms with E-state index >= 15 is 0 Å². The molecule has 1 aromatic rings. The molecule has 4 heteroatoms. The van der Waals surface area contributed by atoms with Crippen LogP contribution in [0.5, 0.6) is 5.75 Å². The van der Waals surface area contributed by atoms with Gasteiger partial charge in [-0.3, -0.25) is 4.79 Å². The average Bonchev–Trinajstić information content (AvgIpc) is 3.13. The van der Waals surface area contributed by atoms with Gasteiger partial charge in [-0.2, -0.15) is 0 Å². The van der Waals surface area contributed by atoms with Crippen molar-refractivity contribution in [1.82, 2.24) is 0 Å². The third kappa shape index (κ3) is 1.62. The van der Waals surface area contributed by atoms with Gasteiger partial charge in [-0.15, -0.1) is 0 Å². The Labute approximate surface area is 123 Å². The second kappa shape index (κ2) is 4.34. The molecule has 4 nitrogen and oxygen atoms in total. The molecule has 2 saturated heterocycles. The molecule has 21 heavy (non-hydrogen) atoms. The van der Waals surface area contributed by atoms with Crippen molar-refractivity contribution in [2.75, 3.05) is 0 Å². The van der Waals surface area contributed by atoms with Crippen LogP contribution in [-0.4, -0.2) is 28.2 Å². The molecule has 4 rings (SSSR count). The third-order valence-electron chi connectivity index (χ3n) is 5.14. The molecule has 0 saturated carbocycles. The van der Waals surface area contributed by atoms with Gasteiger partial charge in [0.2, 0.25) is 0 Å². The van der Waals surface area contributed by atoms with Crippen molar-refractivity contribution in [1.29, 1.82) is 0 Å². The number of benzene rings is 1. The summed E-state index contributed by atoms with van der Waals surface area (Å²) in [5.74, 6) is -0.154. The van der Waals surface area contributed by atoms with Crippen LogP contribution in [-0.2, 0) is 16.0 Å². The lowest BCUT2D eigenvalue weighted by molar-refractivity contribution is -0.118. The highest BCUT2D eigenvalue weighted by molar-refractivity contribution is 6.25. The molecule has 0 spiro atoms. The molecule has 0 radical (unpaired) electrons. The second-order valence-electron chi connectivity index (χ2n) is 6.16. The van der Waals surface area contributed by atoms with Crippen LogP contribution in [0.2, 0.25) is 0 Å². The number of allylic oxidation sites excluding steroid dienone is 1. The molecule has 4 unspecified atom stereocenters. The van der Waals surface area contributed by atoms with E-state index in [1.165, 1.54) is 0 Å². The Morgan fingerprint density at radius 2 is 1.90 bits per heavy atom. The van der Waals surface area contributed by atoms with Crippen molar-refractivity contribution in [3.8, 4) is 5.75 Å². The summed E-state index contributed by atoms with van der Waals surface area (Å²) < 4.78 is 5.78. The zero-order chi connectivity index (χ0) is 14.7. The van der Waals surface area contributed by atoms with Gasteiger partial charge in [0.05, 0.1) is 29.6 Å². The van der Waals surface area contributed by atoms with Crippen LogP contribution >= 0.6 is 0 Å². The van der Waals surface area contributed by atoms with E-state index in [4.69, 9.17) is 4.74 Å². The molecule has 110 valence electrons. The minimum atomic E-state index is -0.231. The number of Topliss-reactive ketones (excluding diaryl/α,β-unsaturated/α-hetero) is 1. The monoisotopic (exact) mass is 286 g/mol. The lowest BCUT2D eigenvalue weighted by Crippen LogP contribution is -2.29. The molecule has 2 fully saturated rings. The minimum Gasteiger partial charge on any atom is -0.511 e. The summed E-state index contributed by atoms with van der Waals surface area (Å²) >= 11 is 0. The fraction of sp³-hybridized carbons (Fsp3) is 0.471. The van der Waals surface area contributed by atoms with Gasteiger partial charge in [-0.05, 0) is 42.5 Å². The van der Waals surface area contributed by atoms with Crippen molar-refractivity contribution in [3.05, 3.63) is 35.1 Å². The summed E-state index contributed by atoms with van der Waals surface area (Å²) in [6, 6.07) is 5.02. The summed E-state index contributed by atoms with van der Waals surface area (Å²) in [5.41, 5.74) is 2.04. The van der Waals surface area contributed by atoms with E-state index in [9.17, 15) is 15.0 Å². The molecule has 2 aliphatic heterocycles. The van der Waals surface area contributed by atoms with Crippen LogP contribution in [0.1, 0.15) is 30.9 Å². The molecule has 2 heterocycles. The molecule has 2 N–H and O–H groups in total. The summed E-state index contributed by atoms with van der Waals surface area (Å²) in [6.45, 7) is 2.00. The number of aryl methyl sites for hydroxylation is 1. The molecule has 3 aliphatic rings. The number of aliphatic hydroxyl groups is 1. The summed E-state index contributed by atoms with van der Waals surface area (Å²) in [5, 5.41) is 20.4. The maximum absolute atomic E-state index is 12.8. The van der Waals surface area contributed by atoms with Crippen LogP contribution in [0.4, 0.5) is 0 Å². The maximum Gasteiger partial charge on any atom is 0.173 e. The van der Waals surface area contributed by atoms with Crippen molar-refractivity contribution in [2.24, 2.45) is 11.8 Å². The second-order valence-corrected chi connectivity index (χ2v) is 6.16. The van der Waals surface area contributed by atoms with Crippen molar-refractivity contribution >= 4 is 11.4 Å². The number of carbonyl (C=O) groups is 1. The normalized spacial score (nSPS) is 33.9. The fourth-order valence-electron chi connectivity index (χ4n) is 4.19. The lowest BCUT2D eigenvalue weighted by atomic mass is 9.80. The van der Waals surface area contributed by atoms with E-state index < -0.39 is 0 Å². The standard InChI is InChI=1S/C17H18O4/c1-2-8-3-4-9(18)7-10(8)13-16(19)14-11-5-6-12(21-11)15(14)17(13)20/h3-4,7,11-12,14-15,18-19H,2,5-6H2,1H3. The number of rotatable bonds is 2. The number of hydrogen-bond donors (Lipinski definition) is 2. The predicted octanol–water partition coefficient (Wildman–Crippen LogP) is 2.60. The maximum atomic E-state index is 12.8. The molecule has 4 atom stereocenters. The van der Waals surface area contributed by atoms with Gasteiger partial charge in [-0.25, -0.2) is 0 Å². The predicted molar refractivity (Wildman–Crippen MR) is 76.9 cm³/mol. The summed E-state index contributed by atoms with van der Waals surface area (Å²) in [6.07, 6.45) is 2.49. The van der Waals surface area contributed by atoms with Gasteiger partial charge in [0, 0.05) is 0 Å². The largest absolute Gasteiger partial charge is 0.511 e. The van der Waals surface area contributed by atoms with E-state index in [1.54, 1.807) is 12.1 Å². The highest BCUT2D eigenvalue weighted by Gasteiger charge is 2.59. The Morgan fingerprint density at radius 3 is 2.57 bits per heavy atom. The zero-order valence-electron chi connectivity index (χ0n) is 11.9. The number of hydrogen-bond acceptors (Lipinski definition) is 4. The highest BCUT2D eigenvalue weighted by atomic mass is 16.5. The van der Waals surface area contributed by atoms with Crippen LogP contribution < -0.4 is 0 Å². The van der Waals surface area contributed by atoms with Crippen LogP contribution in [0.3, 0.4) is 0 Å². The molecular formula is C17H18O4. The number of aromatic hydroxyl groups is 1. The van der Waals surface area contributed by atoms with Crippen molar-refractivity contribution in [2.45, 2.75) is 38.4 Å².